The molecule has 0 bridgehead atoms. The van der Waals surface area contributed by atoms with E-state index < -0.39 is 5.95 Å². The van der Waals surface area contributed by atoms with Crippen molar-refractivity contribution in [2.75, 3.05) is 5.32 Å². The highest BCUT2D eigenvalue weighted by molar-refractivity contribution is 5.80. The molecular formula is C17H13FN2. The lowest BCUT2D eigenvalue weighted by atomic mass is 10.0. The van der Waals surface area contributed by atoms with Crippen molar-refractivity contribution in [3.05, 3.63) is 78.7 Å². The predicted molar refractivity (Wildman–Crippen MR) is 79.4 cm³/mol. The fourth-order valence-corrected chi connectivity index (χ4v) is 2.08. The molecule has 1 N–H and O–H groups in total. The third-order valence-electron chi connectivity index (χ3n) is 2.99. The van der Waals surface area contributed by atoms with Crippen molar-refractivity contribution in [2.24, 2.45) is 0 Å². The zero-order valence-electron chi connectivity index (χ0n) is 10.8. The van der Waals surface area contributed by atoms with Crippen molar-refractivity contribution in [1.29, 1.82) is 0 Å². The van der Waals surface area contributed by atoms with Crippen molar-refractivity contribution in [3.63, 3.8) is 0 Å². The van der Waals surface area contributed by atoms with Crippen LogP contribution in [-0.2, 0) is 0 Å². The van der Waals surface area contributed by atoms with Crippen molar-refractivity contribution in [2.45, 2.75) is 0 Å². The summed E-state index contributed by atoms with van der Waals surface area (Å²) in [4.78, 5) is 3.83. The van der Waals surface area contributed by atoms with Crippen LogP contribution in [-0.4, -0.2) is 4.98 Å². The molecule has 3 aromatic rings. The molecule has 0 aliphatic heterocycles. The maximum absolute atomic E-state index is 13.1. The van der Waals surface area contributed by atoms with Gasteiger partial charge in [0.05, 0.1) is 0 Å². The molecule has 3 heteroatoms. The first-order valence-electron chi connectivity index (χ1n) is 6.37. The highest BCUT2D eigenvalue weighted by Gasteiger charge is 2.05. The number of nitrogens with zero attached hydrogens (tertiary/aromatic N) is 1. The van der Waals surface area contributed by atoms with Gasteiger partial charge in [0.2, 0.25) is 5.95 Å². The number of rotatable bonds is 3. The number of para-hydroxylation sites is 1. The standard InChI is InChI=1S/C17H13FN2/c18-16-11-6-12-17(20-16)19-15-10-5-4-9-14(15)13-7-2-1-3-8-13/h1-12H,(H,19,20). The summed E-state index contributed by atoms with van der Waals surface area (Å²) in [5.74, 6) is 0.000531. The third kappa shape index (κ3) is 2.67. The molecule has 0 amide bonds. The lowest BCUT2D eigenvalue weighted by molar-refractivity contribution is 0.585. The van der Waals surface area contributed by atoms with Gasteiger partial charge in [-0.15, -0.1) is 0 Å². The Balaban J connectivity index is 1.99. The van der Waals surface area contributed by atoms with Crippen LogP contribution in [0.4, 0.5) is 15.9 Å². The summed E-state index contributed by atoms with van der Waals surface area (Å²) in [6.07, 6.45) is 0. The Kier molecular flexibility index (Phi) is 3.42. The van der Waals surface area contributed by atoms with Gasteiger partial charge in [0.1, 0.15) is 5.82 Å². The Hall–Kier alpha value is -2.68. The monoisotopic (exact) mass is 264 g/mol. The van der Waals surface area contributed by atoms with Crippen LogP contribution in [0.15, 0.2) is 72.8 Å². The van der Waals surface area contributed by atoms with Crippen LogP contribution in [0.5, 0.6) is 0 Å². The van der Waals surface area contributed by atoms with Crippen LogP contribution in [0, 0.1) is 5.95 Å². The van der Waals surface area contributed by atoms with Crippen LogP contribution in [0.25, 0.3) is 11.1 Å². The Labute approximate surface area is 116 Å². The quantitative estimate of drug-likeness (QED) is 0.697. The number of anilines is 2. The van der Waals surface area contributed by atoms with Gasteiger partial charge in [0, 0.05) is 11.3 Å². The molecule has 0 saturated heterocycles. The minimum atomic E-state index is -0.493. The van der Waals surface area contributed by atoms with Crippen molar-refractivity contribution in [3.8, 4) is 11.1 Å². The normalized spacial score (nSPS) is 10.2. The first kappa shape index (κ1) is 12.4. The molecule has 1 heterocycles. The van der Waals surface area contributed by atoms with E-state index in [4.69, 9.17) is 0 Å². The summed E-state index contributed by atoms with van der Waals surface area (Å²) in [6.45, 7) is 0. The highest BCUT2D eigenvalue weighted by Crippen LogP contribution is 2.29. The molecule has 0 unspecified atom stereocenters. The summed E-state index contributed by atoms with van der Waals surface area (Å²) in [7, 11) is 0. The first-order valence-corrected chi connectivity index (χ1v) is 6.37. The number of nitrogens with one attached hydrogen (secondary N) is 1. The van der Waals surface area contributed by atoms with E-state index in [-0.39, 0.29) is 0 Å². The number of aromatic nitrogens is 1. The Morgan fingerprint density at radius 3 is 2.30 bits per heavy atom. The molecule has 0 radical (unpaired) electrons. The van der Waals surface area contributed by atoms with Gasteiger partial charge >= 0.3 is 0 Å². The van der Waals surface area contributed by atoms with Crippen LogP contribution < -0.4 is 5.32 Å². The summed E-state index contributed by atoms with van der Waals surface area (Å²) in [5, 5.41) is 3.16. The molecular weight excluding hydrogens is 251 g/mol. The Morgan fingerprint density at radius 1 is 0.750 bits per heavy atom. The molecule has 0 spiro atoms. The molecule has 2 aromatic carbocycles. The fraction of sp³-hybridized carbons (Fsp3) is 0. The van der Waals surface area contributed by atoms with E-state index in [0.29, 0.717) is 5.82 Å². The summed E-state index contributed by atoms with van der Waals surface area (Å²) in [5.41, 5.74) is 3.06. The van der Waals surface area contributed by atoms with Gasteiger partial charge in [-0.05, 0) is 23.8 Å². The first-order chi connectivity index (χ1) is 9.83. The minimum absolute atomic E-state index is 0.493. The van der Waals surface area contributed by atoms with E-state index in [1.807, 2.05) is 54.6 Å². The predicted octanol–water partition coefficient (Wildman–Crippen LogP) is 4.63. The molecule has 0 saturated carbocycles. The van der Waals surface area contributed by atoms with Crippen LogP contribution in [0.2, 0.25) is 0 Å². The molecule has 1 aromatic heterocycles. The third-order valence-corrected chi connectivity index (χ3v) is 2.99. The van der Waals surface area contributed by atoms with E-state index in [9.17, 15) is 4.39 Å². The molecule has 0 fully saturated rings. The largest absolute Gasteiger partial charge is 0.340 e. The van der Waals surface area contributed by atoms with E-state index in [0.717, 1.165) is 16.8 Å². The van der Waals surface area contributed by atoms with E-state index in [2.05, 4.69) is 10.3 Å². The van der Waals surface area contributed by atoms with E-state index >= 15 is 0 Å². The number of hydrogen-bond acceptors (Lipinski definition) is 2. The molecule has 0 aliphatic carbocycles. The average Bonchev–Trinajstić information content (AvgIpc) is 2.49. The van der Waals surface area contributed by atoms with Gasteiger partial charge in [0.15, 0.2) is 0 Å². The SMILES string of the molecule is Fc1cccc(Nc2ccccc2-c2ccccc2)n1. The molecule has 3 rings (SSSR count). The zero-order chi connectivity index (χ0) is 13.8. The summed E-state index contributed by atoms with van der Waals surface area (Å²) >= 11 is 0. The van der Waals surface area contributed by atoms with E-state index in [1.165, 1.54) is 6.07 Å². The van der Waals surface area contributed by atoms with Crippen molar-refractivity contribution in [1.82, 2.24) is 4.98 Å². The van der Waals surface area contributed by atoms with Crippen LogP contribution in [0.3, 0.4) is 0 Å². The summed E-state index contributed by atoms with van der Waals surface area (Å²) < 4.78 is 13.1. The van der Waals surface area contributed by atoms with Gasteiger partial charge in [-0.1, -0.05) is 54.6 Å². The maximum Gasteiger partial charge on any atom is 0.214 e. The number of pyridine rings is 1. The van der Waals surface area contributed by atoms with Crippen LogP contribution in [0.1, 0.15) is 0 Å². The van der Waals surface area contributed by atoms with E-state index in [1.54, 1.807) is 12.1 Å². The van der Waals surface area contributed by atoms with Crippen molar-refractivity contribution >= 4 is 11.5 Å². The van der Waals surface area contributed by atoms with Gasteiger partial charge in [-0.25, -0.2) is 4.98 Å². The lowest BCUT2D eigenvalue weighted by Gasteiger charge is -2.11. The molecule has 2 nitrogen and oxygen atoms in total. The number of benzene rings is 2. The molecule has 98 valence electrons. The topological polar surface area (TPSA) is 24.9 Å². The highest BCUT2D eigenvalue weighted by atomic mass is 19.1. The smallest absolute Gasteiger partial charge is 0.214 e. The molecule has 0 aliphatic rings. The minimum Gasteiger partial charge on any atom is -0.340 e. The van der Waals surface area contributed by atoms with Gasteiger partial charge < -0.3 is 5.32 Å². The van der Waals surface area contributed by atoms with Gasteiger partial charge in [0.25, 0.3) is 0 Å². The van der Waals surface area contributed by atoms with Gasteiger partial charge in [-0.2, -0.15) is 4.39 Å². The second kappa shape index (κ2) is 5.53. The van der Waals surface area contributed by atoms with Crippen LogP contribution >= 0.6 is 0 Å². The number of halogens is 1. The fourth-order valence-electron chi connectivity index (χ4n) is 2.08. The molecule has 0 atom stereocenters. The second-order valence-corrected chi connectivity index (χ2v) is 4.38. The molecule has 20 heavy (non-hydrogen) atoms. The summed E-state index contributed by atoms with van der Waals surface area (Å²) in [6, 6.07) is 22.6. The second-order valence-electron chi connectivity index (χ2n) is 4.38. The average molecular weight is 264 g/mol. The Bertz CT molecular complexity index is 711. The number of hydrogen-bond donors (Lipinski definition) is 1. The lowest BCUT2D eigenvalue weighted by Crippen LogP contribution is -1.96. The maximum atomic E-state index is 13.1. The zero-order valence-corrected chi connectivity index (χ0v) is 10.8. The van der Waals surface area contributed by atoms with Gasteiger partial charge in [-0.3, -0.25) is 0 Å². The van der Waals surface area contributed by atoms with Crippen molar-refractivity contribution < 1.29 is 4.39 Å². The Morgan fingerprint density at radius 2 is 1.50 bits per heavy atom.